The van der Waals surface area contributed by atoms with E-state index in [1.54, 1.807) is 16.8 Å². The molecular weight excluding hydrogens is 207 g/mol. The van der Waals surface area contributed by atoms with Crippen molar-refractivity contribution in [2.24, 2.45) is 0 Å². The molecule has 0 saturated heterocycles. The minimum atomic E-state index is -0.233. The Morgan fingerprint density at radius 3 is 2.88 bits per heavy atom. The smallest absolute Gasteiger partial charge is 0.225 e. The second-order valence-electron chi connectivity index (χ2n) is 3.52. The van der Waals surface area contributed by atoms with Crippen LogP contribution >= 0.6 is 0 Å². The van der Waals surface area contributed by atoms with Crippen LogP contribution in [-0.4, -0.2) is 14.8 Å². The first-order valence-electron chi connectivity index (χ1n) is 4.94. The van der Waals surface area contributed by atoms with Crippen LogP contribution in [0.2, 0.25) is 0 Å². The summed E-state index contributed by atoms with van der Waals surface area (Å²) in [4.78, 5) is 4.08. The van der Waals surface area contributed by atoms with Gasteiger partial charge in [-0.2, -0.15) is 10.1 Å². The van der Waals surface area contributed by atoms with Crippen molar-refractivity contribution in [3.05, 3.63) is 48.0 Å². The Labute approximate surface area is 91.4 Å². The molecule has 1 aromatic heterocycles. The Hall–Kier alpha value is -2.17. The van der Waals surface area contributed by atoms with Crippen molar-refractivity contribution in [2.45, 2.75) is 6.54 Å². The topological polar surface area (TPSA) is 42.7 Å². The SMILES string of the molecule is Fc1ccc(C2=CCn3ncnc3N2)cc1. The van der Waals surface area contributed by atoms with Crippen molar-refractivity contribution >= 4 is 11.6 Å². The molecule has 5 heteroatoms. The molecule has 0 radical (unpaired) electrons. The molecule has 3 rings (SSSR count). The third kappa shape index (κ3) is 1.46. The molecule has 1 N–H and O–H groups in total. The molecule has 1 aliphatic heterocycles. The van der Waals surface area contributed by atoms with E-state index >= 15 is 0 Å². The lowest BCUT2D eigenvalue weighted by atomic mass is 10.1. The normalized spacial score (nSPS) is 13.9. The molecule has 0 fully saturated rings. The van der Waals surface area contributed by atoms with Crippen molar-refractivity contribution in [3.63, 3.8) is 0 Å². The molecule has 0 amide bonds. The van der Waals surface area contributed by atoms with E-state index in [0.717, 1.165) is 11.3 Å². The molecule has 1 aliphatic rings. The number of hydrogen-bond acceptors (Lipinski definition) is 3. The summed E-state index contributed by atoms with van der Waals surface area (Å²) < 4.78 is 14.5. The van der Waals surface area contributed by atoms with Gasteiger partial charge in [-0.05, 0) is 35.9 Å². The lowest BCUT2D eigenvalue weighted by molar-refractivity contribution is 0.627. The molecule has 1 aromatic carbocycles. The fourth-order valence-corrected chi connectivity index (χ4v) is 1.66. The number of benzene rings is 1. The monoisotopic (exact) mass is 216 g/mol. The molecule has 0 unspecified atom stereocenters. The van der Waals surface area contributed by atoms with Crippen molar-refractivity contribution < 1.29 is 4.39 Å². The summed E-state index contributed by atoms with van der Waals surface area (Å²) in [5, 5.41) is 7.18. The Balaban J connectivity index is 1.92. The van der Waals surface area contributed by atoms with Crippen molar-refractivity contribution in [3.8, 4) is 0 Å². The van der Waals surface area contributed by atoms with Gasteiger partial charge in [-0.3, -0.25) is 0 Å². The summed E-state index contributed by atoms with van der Waals surface area (Å²) >= 11 is 0. The van der Waals surface area contributed by atoms with Crippen LogP contribution in [-0.2, 0) is 6.54 Å². The van der Waals surface area contributed by atoms with Gasteiger partial charge in [-0.15, -0.1) is 0 Å². The quantitative estimate of drug-likeness (QED) is 0.791. The molecule has 4 nitrogen and oxygen atoms in total. The maximum atomic E-state index is 12.8. The number of hydrogen-bond donors (Lipinski definition) is 1. The number of allylic oxidation sites excluding steroid dienone is 1. The van der Waals surface area contributed by atoms with Crippen molar-refractivity contribution in [1.29, 1.82) is 0 Å². The summed E-state index contributed by atoms with van der Waals surface area (Å²) in [7, 11) is 0. The predicted molar refractivity (Wildman–Crippen MR) is 58.0 cm³/mol. The van der Waals surface area contributed by atoms with Crippen molar-refractivity contribution in [1.82, 2.24) is 14.8 Å². The first kappa shape index (κ1) is 9.08. The van der Waals surface area contributed by atoms with Crippen molar-refractivity contribution in [2.75, 3.05) is 5.32 Å². The molecule has 0 aliphatic carbocycles. The first-order valence-corrected chi connectivity index (χ1v) is 4.94. The van der Waals surface area contributed by atoms with Gasteiger partial charge < -0.3 is 5.32 Å². The van der Waals surface area contributed by atoms with Crippen LogP contribution < -0.4 is 5.32 Å². The van der Waals surface area contributed by atoms with E-state index in [9.17, 15) is 4.39 Å². The van der Waals surface area contributed by atoms with Crippen LogP contribution in [0.3, 0.4) is 0 Å². The van der Waals surface area contributed by atoms with Gasteiger partial charge in [0.25, 0.3) is 0 Å². The Bertz CT molecular complexity index is 541. The summed E-state index contributed by atoms with van der Waals surface area (Å²) in [6, 6.07) is 6.36. The molecule has 2 aromatic rings. The van der Waals surface area contributed by atoms with Crippen LogP contribution in [0.1, 0.15) is 5.56 Å². The average molecular weight is 216 g/mol. The van der Waals surface area contributed by atoms with Gasteiger partial charge in [-0.1, -0.05) is 0 Å². The number of aromatic nitrogens is 3. The standard InChI is InChI=1S/C11H9FN4/c12-9-3-1-8(2-4-9)10-5-6-16-11(15-10)13-7-14-16/h1-5,7H,6H2,(H,13,14,15). The van der Waals surface area contributed by atoms with Gasteiger partial charge in [0, 0.05) is 5.70 Å². The Kier molecular flexibility index (Phi) is 1.96. The lowest BCUT2D eigenvalue weighted by Gasteiger charge is -2.16. The summed E-state index contributed by atoms with van der Waals surface area (Å²) in [6.45, 7) is 0.676. The second kappa shape index (κ2) is 3.44. The van der Waals surface area contributed by atoms with E-state index in [0.29, 0.717) is 12.5 Å². The number of nitrogens with one attached hydrogen (secondary N) is 1. The fraction of sp³-hybridized carbons (Fsp3) is 0.0909. The molecule has 0 bridgehead atoms. The number of anilines is 1. The largest absolute Gasteiger partial charge is 0.324 e. The number of nitrogens with zero attached hydrogens (tertiary/aromatic N) is 3. The van der Waals surface area contributed by atoms with E-state index in [1.807, 2.05) is 6.08 Å². The molecule has 80 valence electrons. The van der Waals surface area contributed by atoms with E-state index < -0.39 is 0 Å². The molecule has 0 saturated carbocycles. The molecular formula is C11H9FN4. The van der Waals surface area contributed by atoms with E-state index in [1.165, 1.54) is 18.5 Å². The maximum absolute atomic E-state index is 12.8. The fourth-order valence-electron chi connectivity index (χ4n) is 1.66. The minimum Gasteiger partial charge on any atom is -0.324 e. The summed E-state index contributed by atoms with van der Waals surface area (Å²) in [5.41, 5.74) is 1.87. The highest BCUT2D eigenvalue weighted by molar-refractivity contribution is 5.75. The first-order chi connectivity index (χ1) is 7.83. The van der Waals surface area contributed by atoms with Gasteiger partial charge in [0.15, 0.2) is 0 Å². The predicted octanol–water partition coefficient (Wildman–Crippen LogP) is 1.88. The van der Waals surface area contributed by atoms with Gasteiger partial charge in [0.1, 0.15) is 12.1 Å². The highest BCUT2D eigenvalue weighted by Gasteiger charge is 2.12. The van der Waals surface area contributed by atoms with Crippen LogP contribution in [0.15, 0.2) is 36.7 Å². The Morgan fingerprint density at radius 2 is 2.06 bits per heavy atom. The number of rotatable bonds is 1. The number of halogens is 1. The summed E-state index contributed by atoms with van der Waals surface area (Å²) in [6.07, 6.45) is 3.50. The van der Waals surface area contributed by atoms with Gasteiger partial charge in [0.05, 0.1) is 6.54 Å². The van der Waals surface area contributed by atoms with Gasteiger partial charge in [-0.25, -0.2) is 9.07 Å². The van der Waals surface area contributed by atoms with E-state index in [-0.39, 0.29) is 5.82 Å². The highest BCUT2D eigenvalue weighted by atomic mass is 19.1. The van der Waals surface area contributed by atoms with Gasteiger partial charge in [0.2, 0.25) is 5.95 Å². The molecule has 0 spiro atoms. The molecule has 0 atom stereocenters. The van der Waals surface area contributed by atoms with E-state index in [2.05, 4.69) is 15.4 Å². The van der Waals surface area contributed by atoms with Crippen LogP contribution in [0.5, 0.6) is 0 Å². The lowest BCUT2D eigenvalue weighted by Crippen LogP contribution is -2.13. The Morgan fingerprint density at radius 1 is 1.25 bits per heavy atom. The zero-order valence-corrected chi connectivity index (χ0v) is 8.39. The second-order valence-corrected chi connectivity index (χ2v) is 3.52. The zero-order valence-electron chi connectivity index (χ0n) is 8.39. The number of fused-ring (bicyclic) bond motifs is 1. The van der Waals surface area contributed by atoms with E-state index in [4.69, 9.17) is 0 Å². The summed E-state index contributed by atoms with van der Waals surface area (Å²) in [5.74, 6) is 0.477. The zero-order chi connectivity index (χ0) is 11.0. The molecule has 2 heterocycles. The third-order valence-corrected chi connectivity index (χ3v) is 2.49. The van der Waals surface area contributed by atoms with Crippen LogP contribution in [0.4, 0.5) is 10.3 Å². The van der Waals surface area contributed by atoms with Crippen LogP contribution in [0, 0.1) is 5.82 Å². The van der Waals surface area contributed by atoms with Crippen LogP contribution in [0.25, 0.3) is 5.70 Å². The maximum Gasteiger partial charge on any atom is 0.225 e. The van der Waals surface area contributed by atoms with Gasteiger partial charge >= 0.3 is 0 Å². The minimum absolute atomic E-state index is 0.233. The highest BCUT2D eigenvalue weighted by Crippen LogP contribution is 2.21. The third-order valence-electron chi connectivity index (χ3n) is 2.49. The molecule has 16 heavy (non-hydrogen) atoms. The average Bonchev–Trinajstić information content (AvgIpc) is 2.77.